The van der Waals surface area contributed by atoms with Gasteiger partial charge in [0.25, 0.3) is 0 Å². The molecule has 2 heteroatoms. The summed E-state index contributed by atoms with van der Waals surface area (Å²) in [4.78, 5) is 4.38. The van der Waals surface area contributed by atoms with Crippen LogP contribution in [0.2, 0.25) is 0 Å². The van der Waals surface area contributed by atoms with E-state index in [4.69, 9.17) is 5.26 Å². The molecular formula is C10H16O2. The highest BCUT2D eigenvalue weighted by molar-refractivity contribution is 5.25. The summed E-state index contributed by atoms with van der Waals surface area (Å²) in [5.41, 5.74) is 1.69. The van der Waals surface area contributed by atoms with Crippen LogP contribution in [0.25, 0.3) is 0 Å². The van der Waals surface area contributed by atoms with Gasteiger partial charge in [0.15, 0.2) is 0 Å². The molecule has 0 aromatic heterocycles. The molecule has 1 fully saturated rings. The van der Waals surface area contributed by atoms with Gasteiger partial charge in [-0.3, -0.25) is 0 Å². The minimum Gasteiger partial charge on any atom is -0.345 e. The van der Waals surface area contributed by atoms with Crippen LogP contribution >= 0.6 is 0 Å². The molecule has 2 bridgehead atoms. The van der Waals surface area contributed by atoms with Crippen LogP contribution in [0.3, 0.4) is 0 Å². The molecule has 1 saturated carbocycles. The van der Waals surface area contributed by atoms with Crippen molar-refractivity contribution < 1.29 is 10.1 Å². The van der Waals surface area contributed by atoms with Gasteiger partial charge in [-0.15, -0.1) is 0 Å². The molecule has 0 aromatic carbocycles. The molecule has 2 unspecified atom stereocenters. The van der Waals surface area contributed by atoms with Gasteiger partial charge in [-0.1, -0.05) is 13.8 Å². The Bertz CT molecular complexity index is 240. The number of hydrogen-bond donors (Lipinski definition) is 1. The molecular weight excluding hydrogens is 152 g/mol. The molecule has 68 valence electrons. The topological polar surface area (TPSA) is 29.5 Å². The second-order valence-electron chi connectivity index (χ2n) is 4.71. The first kappa shape index (κ1) is 8.11. The summed E-state index contributed by atoms with van der Waals surface area (Å²) >= 11 is 0. The molecule has 0 amide bonds. The lowest BCUT2D eigenvalue weighted by Gasteiger charge is -2.56. The van der Waals surface area contributed by atoms with Gasteiger partial charge < -0.3 is 4.89 Å². The monoisotopic (exact) mass is 168 g/mol. The van der Waals surface area contributed by atoms with Crippen molar-refractivity contribution in [1.82, 2.24) is 0 Å². The van der Waals surface area contributed by atoms with Crippen LogP contribution in [0.5, 0.6) is 0 Å². The van der Waals surface area contributed by atoms with Gasteiger partial charge in [-0.05, 0) is 36.2 Å². The predicted molar refractivity (Wildman–Crippen MR) is 46.4 cm³/mol. The van der Waals surface area contributed by atoms with Crippen molar-refractivity contribution in [1.29, 1.82) is 0 Å². The van der Waals surface area contributed by atoms with E-state index < -0.39 is 0 Å². The lowest BCUT2D eigenvalue weighted by molar-refractivity contribution is -0.218. The molecule has 0 heterocycles. The number of rotatable bonds is 1. The Morgan fingerprint density at radius 2 is 2.17 bits per heavy atom. The van der Waals surface area contributed by atoms with Gasteiger partial charge in [0.1, 0.15) is 5.76 Å². The zero-order valence-electron chi connectivity index (χ0n) is 7.92. The van der Waals surface area contributed by atoms with E-state index in [1.807, 2.05) is 0 Å². The van der Waals surface area contributed by atoms with Crippen LogP contribution in [-0.2, 0) is 4.89 Å². The van der Waals surface area contributed by atoms with E-state index in [-0.39, 0.29) is 0 Å². The van der Waals surface area contributed by atoms with E-state index in [0.29, 0.717) is 17.3 Å². The SMILES string of the molecule is CC1=C(OO)CC2CC1C2(C)C. The molecule has 0 aromatic rings. The van der Waals surface area contributed by atoms with Crippen molar-refractivity contribution in [2.24, 2.45) is 17.3 Å². The molecule has 3 aliphatic rings. The standard InChI is InChI=1S/C10H16O2/c1-6-8-4-7(10(8,2)3)5-9(6)12-11/h7-8,11H,4-5H2,1-3H3. The van der Waals surface area contributed by atoms with Gasteiger partial charge in [0.2, 0.25) is 0 Å². The van der Waals surface area contributed by atoms with E-state index in [0.717, 1.165) is 12.2 Å². The van der Waals surface area contributed by atoms with Gasteiger partial charge in [-0.2, -0.15) is 0 Å². The van der Waals surface area contributed by atoms with Crippen molar-refractivity contribution in [3.63, 3.8) is 0 Å². The van der Waals surface area contributed by atoms with Crippen LogP contribution in [-0.4, -0.2) is 5.26 Å². The third-order valence-corrected chi connectivity index (χ3v) is 3.98. The fraction of sp³-hybridized carbons (Fsp3) is 0.800. The minimum absolute atomic E-state index is 0.437. The Labute approximate surface area is 73.2 Å². The maximum atomic E-state index is 8.61. The zero-order valence-corrected chi connectivity index (χ0v) is 7.92. The van der Waals surface area contributed by atoms with Crippen LogP contribution < -0.4 is 0 Å². The molecule has 2 nitrogen and oxygen atoms in total. The van der Waals surface area contributed by atoms with E-state index in [2.05, 4.69) is 25.7 Å². The number of fused-ring (bicyclic) bond motifs is 1. The summed E-state index contributed by atoms with van der Waals surface area (Å²) in [6.07, 6.45) is 2.21. The Morgan fingerprint density at radius 1 is 1.50 bits per heavy atom. The summed E-state index contributed by atoms with van der Waals surface area (Å²) in [6.45, 7) is 6.69. The summed E-state index contributed by atoms with van der Waals surface area (Å²) in [5.74, 6) is 2.17. The maximum Gasteiger partial charge on any atom is 0.141 e. The first-order valence-corrected chi connectivity index (χ1v) is 4.58. The molecule has 2 atom stereocenters. The average Bonchev–Trinajstić information content (AvgIpc) is 2.03. The zero-order chi connectivity index (χ0) is 8.93. The largest absolute Gasteiger partial charge is 0.345 e. The highest BCUT2D eigenvalue weighted by Gasteiger charge is 2.53. The van der Waals surface area contributed by atoms with Crippen molar-refractivity contribution in [2.45, 2.75) is 33.6 Å². The summed E-state index contributed by atoms with van der Waals surface area (Å²) in [5, 5.41) is 8.61. The third-order valence-electron chi connectivity index (χ3n) is 3.98. The van der Waals surface area contributed by atoms with Gasteiger partial charge >= 0.3 is 0 Å². The summed E-state index contributed by atoms with van der Waals surface area (Å²) in [7, 11) is 0. The van der Waals surface area contributed by atoms with Gasteiger partial charge in [-0.25, -0.2) is 5.26 Å². The van der Waals surface area contributed by atoms with Crippen LogP contribution in [0.15, 0.2) is 11.3 Å². The Balaban J connectivity index is 2.30. The van der Waals surface area contributed by atoms with E-state index in [1.54, 1.807) is 0 Å². The number of allylic oxidation sites excluding steroid dienone is 2. The van der Waals surface area contributed by atoms with Crippen molar-refractivity contribution in [3.8, 4) is 0 Å². The van der Waals surface area contributed by atoms with E-state index >= 15 is 0 Å². The molecule has 12 heavy (non-hydrogen) atoms. The second-order valence-corrected chi connectivity index (χ2v) is 4.71. The Morgan fingerprint density at radius 3 is 2.58 bits per heavy atom. The average molecular weight is 168 g/mol. The smallest absolute Gasteiger partial charge is 0.141 e. The fourth-order valence-corrected chi connectivity index (χ4v) is 2.79. The van der Waals surface area contributed by atoms with Gasteiger partial charge in [0, 0.05) is 6.42 Å². The lowest BCUT2D eigenvalue weighted by atomic mass is 9.48. The number of hydrogen-bond acceptors (Lipinski definition) is 2. The highest BCUT2D eigenvalue weighted by atomic mass is 17.1. The van der Waals surface area contributed by atoms with Crippen LogP contribution in [0.4, 0.5) is 0 Å². The van der Waals surface area contributed by atoms with Gasteiger partial charge in [0.05, 0.1) is 0 Å². The fourth-order valence-electron chi connectivity index (χ4n) is 2.79. The molecule has 3 aliphatic carbocycles. The molecule has 0 saturated heterocycles. The van der Waals surface area contributed by atoms with Crippen molar-refractivity contribution >= 4 is 0 Å². The van der Waals surface area contributed by atoms with Crippen LogP contribution in [0.1, 0.15) is 33.6 Å². The lowest BCUT2D eigenvalue weighted by Crippen LogP contribution is -2.49. The van der Waals surface area contributed by atoms with Crippen molar-refractivity contribution in [3.05, 3.63) is 11.3 Å². The quantitative estimate of drug-likeness (QED) is 0.482. The highest BCUT2D eigenvalue weighted by Crippen LogP contribution is 2.60. The molecule has 3 rings (SSSR count). The first-order valence-electron chi connectivity index (χ1n) is 4.58. The molecule has 0 radical (unpaired) electrons. The molecule has 0 spiro atoms. The normalized spacial score (nSPS) is 37.7. The minimum atomic E-state index is 0.437. The van der Waals surface area contributed by atoms with E-state index in [9.17, 15) is 0 Å². The van der Waals surface area contributed by atoms with Crippen LogP contribution in [0, 0.1) is 17.3 Å². The molecule has 1 N–H and O–H groups in total. The van der Waals surface area contributed by atoms with Crippen molar-refractivity contribution in [2.75, 3.05) is 0 Å². The third kappa shape index (κ3) is 0.789. The predicted octanol–water partition coefficient (Wildman–Crippen LogP) is 2.82. The summed E-state index contributed by atoms with van der Waals surface area (Å²) < 4.78 is 0. The first-order chi connectivity index (χ1) is 5.57. The molecule has 0 aliphatic heterocycles. The Hall–Kier alpha value is -0.500. The Kier molecular flexibility index (Phi) is 1.52. The second kappa shape index (κ2) is 2.25. The maximum absolute atomic E-state index is 8.61. The van der Waals surface area contributed by atoms with E-state index in [1.165, 1.54) is 12.0 Å². The summed E-state index contributed by atoms with van der Waals surface area (Å²) in [6, 6.07) is 0.